The first kappa shape index (κ1) is 81.5. The molecule has 0 bridgehead atoms. The second-order valence-corrected chi connectivity index (χ2v) is 31.0. The number of piperazine rings is 4. The SMILES string of the molecule is COc1ccc2c(c1)c(/C=C/C(=O)N1CCN(CCc3ccccc3)CC1)c(C)n2CCCN(C)C.Cc1c(/C=C/C(=O)N2CCN(CCc3ccccc3)CC2)c2ccccc2n1CCCN1CCN(C)CC1.Cc1c(/C=C/C(=O)N2CCN(CCc3ccccc3)CC2)c2ccccc2n1CCCN1CCOCC1. The summed E-state index contributed by atoms with van der Waals surface area (Å²) in [5, 5.41) is 3.59. The van der Waals surface area contributed by atoms with Crippen molar-refractivity contribution in [3.63, 3.8) is 0 Å². The van der Waals surface area contributed by atoms with E-state index in [1.54, 1.807) is 25.3 Å². The van der Waals surface area contributed by atoms with Gasteiger partial charge >= 0.3 is 0 Å². The van der Waals surface area contributed by atoms with E-state index < -0.39 is 0 Å². The molecule has 590 valence electrons. The number of morpholine rings is 1. The predicted molar refractivity (Wildman–Crippen MR) is 457 cm³/mol. The second kappa shape index (κ2) is 41.5. The van der Waals surface area contributed by atoms with E-state index in [1.807, 2.05) is 32.9 Å². The molecule has 8 heterocycles. The molecule has 111 heavy (non-hydrogen) atoms. The van der Waals surface area contributed by atoms with Gasteiger partial charge in [-0.25, -0.2) is 0 Å². The molecule has 9 aromatic rings. The molecule has 0 radical (unpaired) electrons. The number of carbonyl (C=O) groups is 3. The number of fused-ring (bicyclic) bond motifs is 3. The molecule has 5 saturated heterocycles. The Hall–Kier alpha value is -8.95. The highest BCUT2D eigenvalue weighted by molar-refractivity contribution is 6.00. The maximum Gasteiger partial charge on any atom is 0.246 e. The van der Waals surface area contributed by atoms with Crippen LogP contribution in [0.2, 0.25) is 0 Å². The molecule has 18 nitrogen and oxygen atoms in total. The van der Waals surface area contributed by atoms with Crippen molar-refractivity contribution in [2.24, 2.45) is 0 Å². The van der Waals surface area contributed by atoms with Gasteiger partial charge in [-0.15, -0.1) is 0 Å². The zero-order chi connectivity index (χ0) is 77.3. The van der Waals surface area contributed by atoms with Crippen LogP contribution in [0.15, 0.2) is 176 Å². The van der Waals surface area contributed by atoms with Gasteiger partial charge in [0.15, 0.2) is 0 Å². The number of methoxy groups -OCH3 is 1. The Morgan fingerprint density at radius 2 is 0.712 bits per heavy atom. The number of benzene rings is 6. The quantitative estimate of drug-likeness (QED) is 0.0435. The molecule has 0 atom stereocenters. The van der Waals surface area contributed by atoms with Crippen LogP contribution in [0.1, 0.15) is 69.7 Å². The zero-order valence-corrected chi connectivity index (χ0v) is 67.6. The Labute approximate surface area is 661 Å². The molecule has 0 unspecified atom stereocenters. The molecular weight excluding hydrogens is 1380 g/mol. The minimum absolute atomic E-state index is 0.0912. The van der Waals surface area contributed by atoms with Gasteiger partial charge in [0.05, 0.1) is 20.3 Å². The lowest BCUT2D eigenvalue weighted by Crippen LogP contribution is -2.48. The number of aryl methyl sites for hydroxylation is 3. The molecule has 5 fully saturated rings. The van der Waals surface area contributed by atoms with Crippen LogP contribution in [0.25, 0.3) is 50.9 Å². The number of amides is 3. The Kier molecular flexibility index (Phi) is 30.5. The number of para-hydroxylation sites is 2. The summed E-state index contributed by atoms with van der Waals surface area (Å²) in [5.74, 6) is 1.17. The molecule has 14 rings (SSSR count). The molecule has 5 aliphatic rings. The fraction of sp³-hybridized carbons (Fsp3) is 0.452. The number of rotatable bonds is 28. The summed E-state index contributed by atoms with van der Waals surface area (Å²) in [7, 11) is 8.11. The van der Waals surface area contributed by atoms with Crippen molar-refractivity contribution in [3.05, 3.63) is 226 Å². The smallest absolute Gasteiger partial charge is 0.246 e. The highest BCUT2D eigenvalue weighted by Crippen LogP contribution is 2.33. The van der Waals surface area contributed by atoms with E-state index >= 15 is 0 Å². The van der Waals surface area contributed by atoms with Crippen LogP contribution >= 0.6 is 0 Å². The molecule has 0 N–H and O–H groups in total. The molecule has 6 aromatic carbocycles. The van der Waals surface area contributed by atoms with Gasteiger partial charge in [-0.1, -0.05) is 127 Å². The minimum atomic E-state index is 0.0912. The number of carbonyl (C=O) groups excluding carboxylic acids is 3. The van der Waals surface area contributed by atoms with Crippen LogP contribution in [0.5, 0.6) is 5.75 Å². The summed E-state index contributed by atoms with van der Waals surface area (Å²) in [6.45, 7) is 34.6. The van der Waals surface area contributed by atoms with Crippen molar-refractivity contribution < 1.29 is 23.9 Å². The first-order valence-electron chi connectivity index (χ1n) is 41.1. The zero-order valence-electron chi connectivity index (χ0n) is 67.6. The molecule has 0 saturated carbocycles. The van der Waals surface area contributed by atoms with Crippen LogP contribution in [0, 0.1) is 20.8 Å². The van der Waals surface area contributed by atoms with Crippen molar-refractivity contribution in [1.29, 1.82) is 0 Å². The van der Waals surface area contributed by atoms with Crippen molar-refractivity contribution in [2.75, 3.05) is 199 Å². The van der Waals surface area contributed by atoms with Crippen molar-refractivity contribution >= 4 is 68.7 Å². The van der Waals surface area contributed by atoms with Gasteiger partial charge in [0, 0.05) is 248 Å². The van der Waals surface area contributed by atoms with E-state index in [0.717, 1.165) is 238 Å². The maximum atomic E-state index is 13.1. The average Bonchev–Trinajstić information content (AvgIpc) is 1.64. The Morgan fingerprint density at radius 1 is 0.378 bits per heavy atom. The molecule has 18 heteroatoms. The second-order valence-electron chi connectivity index (χ2n) is 31.0. The van der Waals surface area contributed by atoms with Crippen molar-refractivity contribution in [1.82, 2.24) is 62.7 Å². The molecule has 0 spiro atoms. The third-order valence-corrected chi connectivity index (χ3v) is 23.4. The van der Waals surface area contributed by atoms with Crippen molar-refractivity contribution in [2.45, 2.75) is 78.9 Å². The molecule has 5 aliphatic heterocycles. The van der Waals surface area contributed by atoms with E-state index in [9.17, 15) is 14.4 Å². The Morgan fingerprint density at radius 3 is 1.10 bits per heavy atom. The number of ether oxygens (including phenoxy) is 2. The predicted octanol–water partition coefficient (Wildman–Crippen LogP) is 12.4. The lowest BCUT2D eigenvalue weighted by atomic mass is 10.1. The van der Waals surface area contributed by atoms with Crippen LogP contribution in [-0.2, 0) is 58.0 Å². The van der Waals surface area contributed by atoms with E-state index in [0.29, 0.717) is 0 Å². The summed E-state index contributed by atoms with van der Waals surface area (Å²) in [6, 6.07) is 55.3. The van der Waals surface area contributed by atoms with Gasteiger partial charge in [-0.3, -0.25) is 34.0 Å². The van der Waals surface area contributed by atoms with Crippen LogP contribution in [0.4, 0.5) is 0 Å². The minimum Gasteiger partial charge on any atom is -0.497 e. The molecule has 3 aromatic heterocycles. The monoisotopic (exact) mass is 1500 g/mol. The van der Waals surface area contributed by atoms with Gasteiger partial charge in [-0.05, 0) is 159 Å². The van der Waals surface area contributed by atoms with Crippen LogP contribution in [0.3, 0.4) is 0 Å². The number of aromatic nitrogens is 3. The summed E-state index contributed by atoms with van der Waals surface area (Å²) < 4.78 is 18.2. The summed E-state index contributed by atoms with van der Waals surface area (Å²) in [4.78, 5) is 62.3. The summed E-state index contributed by atoms with van der Waals surface area (Å²) in [6.07, 6.45) is 17.9. The summed E-state index contributed by atoms with van der Waals surface area (Å²) in [5.41, 5.74) is 14.9. The van der Waals surface area contributed by atoms with Gasteiger partial charge in [0.25, 0.3) is 0 Å². The van der Waals surface area contributed by atoms with Gasteiger partial charge < -0.3 is 52.6 Å². The lowest BCUT2D eigenvalue weighted by Gasteiger charge is -2.34. The first-order valence-corrected chi connectivity index (χ1v) is 41.1. The third kappa shape index (κ3) is 22.9. The summed E-state index contributed by atoms with van der Waals surface area (Å²) >= 11 is 0. The number of likely N-dealkylation sites (N-methyl/N-ethyl adjacent to an activating group) is 1. The first-order chi connectivity index (χ1) is 54.2. The maximum absolute atomic E-state index is 13.1. The topological polar surface area (TPSA) is 117 Å². The number of hydrogen-bond donors (Lipinski definition) is 0. The fourth-order valence-corrected chi connectivity index (χ4v) is 16.5. The highest BCUT2D eigenvalue weighted by Gasteiger charge is 2.25. The molecule has 0 aliphatic carbocycles. The largest absolute Gasteiger partial charge is 0.497 e. The number of nitrogens with zero attached hydrogens (tertiary/aromatic N) is 13. The lowest BCUT2D eigenvalue weighted by molar-refractivity contribution is -0.128. The standard InChI is InChI=1S/C32H43N5O.C31H40N4O2.C30H40N4O2/c1-27-29(13-14-32(38)36-25-23-35(24-26-36)18-15-28-9-4-3-5-10-28)30-11-6-7-12-31(30)37(27)17-8-16-34-21-19-33(2)20-22-34;1-26-28(29-10-5-6-11-30(29)35(26)16-7-15-32-22-24-37-25-23-32)12-13-31(36)34-20-18-33(19-21-34)17-14-27-8-3-2-4-9-27;1-24-27(28-23-26(36-4)11-13-29(28)34(24)17-8-16-31(2)3)12-14-30(35)33-21-19-32(20-22-33)18-15-25-9-6-5-7-10-25/h3-7,9-14H,8,15-26H2,1-2H3;2-6,8-13H,7,14-25H2,1H3;5-7,9-14,23H,8,15-22H2,1-4H3/b14-13+;13-12+;14-12+. The third-order valence-electron chi connectivity index (χ3n) is 23.4. The number of hydrogen-bond acceptors (Lipinski definition) is 12. The normalized spacial score (nSPS) is 16.9. The van der Waals surface area contributed by atoms with Gasteiger partial charge in [-0.2, -0.15) is 0 Å². The highest BCUT2D eigenvalue weighted by atomic mass is 16.5. The average molecular weight is 1500 g/mol. The van der Waals surface area contributed by atoms with E-state index in [1.165, 1.54) is 79.7 Å². The van der Waals surface area contributed by atoms with E-state index in [-0.39, 0.29) is 17.7 Å². The van der Waals surface area contributed by atoms with Crippen LogP contribution < -0.4 is 4.74 Å². The van der Waals surface area contributed by atoms with Gasteiger partial charge in [0.1, 0.15) is 5.75 Å². The molecular formula is C93H123N13O5. The fourth-order valence-electron chi connectivity index (χ4n) is 16.5. The van der Waals surface area contributed by atoms with E-state index in [4.69, 9.17) is 9.47 Å². The van der Waals surface area contributed by atoms with E-state index in [2.05, 4.69) is 248 Å². The van der Waals surface area contributed by atoms with Crippen LogP contribution in [-0.4, -0.2) is 279 Å². The Bertz CT molecular complexity index is 4490. The van der Waals surface area contributed by atoms with Crippen molar-refractivity contribution in [3.8, 4) is 5.75 Å². The molecule has 3 amide bonds. The van der Waals surface area contributed by atoms with Gasteiger partial charge in [0.2, 0.25) is 17.7 Å². The Balaban J connectivity index is 0.000000155.